The molecule has 0 fully saturated rings. The smallest absolute Gasteiger partial charge is 0.339 e. The van der Waals surface area contributed by atoms with E-state index < -0.39 is 5.97 Å². The fourth-order valence-corrected chi connectivity index (χ4v) is 1.94. The van der Waals surface area contributed by atoms with Crippen molar-refractivity contribution in [3.63, 3.8) is 0 Å². The van der Waals surface area contributed by atoms with E-state index in [4.69, 9.17) is 5.11 Å². The fourth-order valence-electron chi connectivity index (χ4n) is 1.94. The number of aromatic carboxylic acids is 1. The van der Waals surface area contributed by atoms with E-state index in [2.05, 4.69) is 5.10 Å². The molecule has 0 unspecified atom stereocenters. The van der Waals surface area contributed by atoms with Gasteiger partial charge in [-0.1, -0.05) is 13.8 Å². The Morgan fingerprint density at radius 2 is 2.00 bits per heavy atom. The Hall–Kier alpha value is -2.17. The lowest BCUT2D eigenvalue weighted by Crippen LogP contribution is -2.09. The van der Waals surface area contributed by atoms with Crippen molar-refractivity contribution in [2.24, 2.45) is 5.92 Å². The highest BCUT2D eigenvalue weighted by Gasteiger charge is 2.18. The SMILES string of the molecule is CC(C)Cc1c(C(=O)O)cnn1-c1ccc(F)cc1. The number of benzene rings is 1. The summed E-state index contributed by atoms with van der Waals surface area (Å²) in [5.41, 5.74) is 1.48. The number of carboxylic acids is 1. The molecule has 4 nitrogen and oxygen atoms in total. The molecule has 0 bridgehead atoms. The standard InChI is InChI=1S/C14H15FN2O2/c1-9(2)7-13-12(14(18)19)8-16-17(13)11-5-3-10(15)4-6-11/h3-6,8-9H,7H2,1-2H3,(H,18,19). The molecule has 100 valence electrons. The van der Waals surface area contributed by atoms with Crippen molar-refractivity contribution in [2.45, 2.75) is 20.3 Å². The second-order valence-corrected chi connectivity index (χ2v) is 4.80. The Labute approximate surface area is 110 Å². The average Bonchev–Trinajstić information content (AvgIpc) is 2.73. The molecular weight excluding hydrogens is 247 g/mol. The van der Waals surface area contributed by atoms with E-state index in [1.807, 2.05) is 13.8 Å². The van der Waals surface area contributed by atoms with Crippen molar-refractivity contribution in [3.8, 4) is 5.69 Å². The minimum atomic E-state index is -0.996. The predicted octanol–water partition coefficient (Wildman–Crippen LogP) is 2.91. The maximum absolute atomic E-state index is 12.9. The zero-order chi connectivity index (χ0) is 14.0. The molecule has 0 aliphatic carbocycles. The molecule has 1 aromatic carbocycles. The second kappa shape index (κ2) is 5.22. The number of carbonyl (C=O) groups is 1. The summed E-state index contributed by atoms with van der Waals surface area (Å²) >= 11 is 0. The first-order chi connectivity index (χ1) is 8.99. The second-order valence-electron chi connectivity index (χ2n) is 4.80. The lowest BCUT2D eigenvalue weighted by Gasteiger charge is -2.10. The molecule has 5 heteroatoms. The number of aromatic nitrogens is 2. The topological polar surface area (TPSA) is 55.1 Å². The normalized spacial score (nSPS) is 10.9. The highest BCUT2D eigenvalue weighted by atomic mass is 19.1. The van der Waals surface area contributed by atoms with E-state index in [-0.39, 0.29) is 11.4 Å². The van der Waals surface area contributed by atoms with E-state index in [0.717, 1.165) is 0 Å². The van der Waals surface area contributed by atoms with Gasteiger partial charge in [0.25, 0.3) is 0 Å². The van der Waals surface area contributed by atoms with Gasteiger partial charge in [-0.05, 0) is 36.6 Å². The number of halogens is 1. The summed E-state index contributed by atoms with van der Waals surface area (Å²) in [6.07, 6.45) is 1.93. The largest absolute Gasteiger partial charge is 0.478 e. The molecule has 19 heavy (non-hydrogen) atoms. The first-order valence-corrected chi connectivity index (χ1v) is 6.05. The van der Waals surface area contributed by atoms with Gasteiger partial charge in [0, 0.05) is 0 Å². The molecule has 1 aromatic heterocycles. The molecule has 2 rings (SSSR count). The van der Waals surface area contributed by atoms with Gasteiger partial charge < -0.3 is 5.11 Å². The summed E-state index contributed by atoms with van der Waals surface area (Å²) in [6.45, 7) is 4.02. The van der Waals surface area contributed by atoms with Crippen LogP contribution in [-0.2, 0) is 6.42 Å². The highest BCUT2D eigenvalue weighted by molar-refractivity contribution is 5.88. The van der Waals surface area contributed by atoms with Gasteiger partial charge in [0.2, 0.25) is 0 Å². The monoisotopic (exact) mass is 262 g/mol. The van der Waals surface area contributed by atoms with Crippen LogP contribution >= 0.6 is 0 Å². The first kappa shape index (κ1) is 13.3. The molecule has 1 N–H and O–H groups in total. The van der Waals surface area contributed by atoms with Crippen LogP contribution in [0, 0.1) is 11.7 Å². The van der Waals surface area contributed by atoms with Crippen LogP contribution in [0.5, 0.6) is 0 Å². The van der Waals surface area contributed by atoms with Gasteiger partial charge in [0.1, 0.15) is 11.4 Å². The van der Waals surface area contributed by atoms with Crippen LogP contribution in [0.25, 0.3) is 5.69 Å². The fraction of sp³-hybridized carbons (Fsp3) is 0.286. The third-order valence-electron chi connectivity index (χ3n) is 2.77. The minimum absolute atomic E-state index is 0.193. The van der Waals surface area contributed by atoms with Gasteiger partial charge in [0.05, 0.1) is 17.6 Å². The molecule has 2 aromatic rings. The van der Waals surface area contributed by atoms with Gasteiger partial charge in [-0.2, -0.15) is 5.10 Å². The summed E-state index contributed by atoms with van der Waals surface area (Å²) in [4.78, 5) is 11.2. The van der Waals surface area contributed by atoms with Crippen molar-refractivity contribution in [3.05, 3.63) is 47.5 Å². The van der Waals surface area contributed by atoms with Gasteiger partial charge in [-0.3, -0.25) is 0 Å². The minimum Gasteiger partial charge on any atom is -0.478 e. The molecule has 0 spiro atoms. The Morgan fingerprint density at radius 3 is 2.53 bits per heavy atom. The van der Waals surface area contributed by atoms with Crippen LogP contribution in [0.4, 0.5) is 4.39 Å². The van der Waals surface area contributed by atoms with Gasteiger partial charge in [0.15, 0.2) is 0 Å². The summed E-state index contributed by atoms with van der Waals surface area (Å²) in [5.74, 6) is -1.03. The zero-order valence-corrected chi connectivity index (χ0v) is 10.8. The van der Waals surface area contributed by atoms with Gasteiger partial charge >= 0.3 is 5.97 Å². The molecule has 0 amide bonds. The van der Waals surface area contributed by atoms with Crippen molar-refractivity contribution < 1.29 is 14.3 Å². The third-order valence-corrected chi connectivity index (χ3v) is 2.77. The molecule has 0 aliphatic heterocycles. The molecule has 0 atom stereocenters. The van der Waals surface area contributed by atoms with Crippen molar-refractivity contribution in [2.75, 3.05) is 0 Å². The summed E-state index contributed by atoms with van der Waals surface area (Å²) in [5, 5.41) is 13.3. The first-order valence-electron chi connectivity index (χ1n) is 6.05. The van der Waals surface area contributed by atoms with Crippen molar-refractivity contribution >= 4 is 5.97 Å². The van der Waals surface area contributed by atoms with Crippen LogP contribution in [0.15, 0.2) is 30.5 Å². The van der Waals surface area contributed by atoms with Crippen LogP contribution in [-0.4, -0.2) is 20.9 Å². The lowest BCUT2D eigenvalue weighted by atomic mass is 10.0. The molecule has 1 heterocycles. The lowest BCUT2D eigenvalue weighted by molar-refractivity contribution is 0.0695. The van der Waals surface area contributed by atoms with E-state index in [1.165, 1.54) is 18.3 Å². The van der Waals surface area contributed by atoms with Crippen molar-refractivity contribution in [1.82, 2.24) is 9.78 Å². The molecule has 0 radical (unpaired) electrons. The van der Waals surface area contributed by atoms with Crippen LogP contribution in [0.3, 0.4) is 0 Å². The molecular formula is C14H15FN2O2. The Balaban J connectivity index is 2.50. The van der Waals surface area contributed by atoms with Crippen LogP contribution in [0.2, 0.25) is 0 Å². The number of carboxylic acid groups (broad SMARTS) is 1. The Morgan fingerprint density at radius 1 is 1.37 bits per heavy atom. The maximum Gasteiger partial charge on any atom is 0.339 e. The number of hydrogen-bond donors (Lipinski definition) is 1. The van der Waals surface area contributed by atoms with Crippen LogP contribution < -0.4 is 0 Å². The predicted molar refractivity (Wildman–Crippen MR) is 69.0 cm³/mol. The van der Waals surface area contributed by atoms with E-state index in [1.54, 1.807) is 16.8 Å². The van der Waals surface area contributed by atoms with Gasteiger partial charge in [-0.25, -0.2) is 13.9 Å². The molecule has 0 saturated carbocycles. The third kappa shape index (κ3) is 2.81. The number of rotatable bonds is 4. The van der Waals surface area contributed by atoms with E-state index >= 15 is 0 Å². The maximum atomic E-state index is 12.9. The molecule has 0 saturated heterocycles. The van der Waals surface area contributed by atoms with Gasteiger partial charge in [-0.15, -0.1) is 0 Å². The number of hydrogen-bond acceptors (Lipinski definition) is 2. The quantitative estimate of drug-likeness (QED) is 0.921. The summed E-state index contributed by atoms with van der Waals surface area (Å²) in [6, 6.07) is 5.82. The zero-order valence-electron chi connectivity index (χ0n) is 10.8. The Kier molecular flexibility index (Phi) is 3.64. The summed E-state index contributed by atoms with van der Waals surface area (Å²) < 4.78 is 14.5. The van der Waals surface area contributed by atoms with Crippen molar-refractivity contribution in [1.29, 1.82) is 0 Å². The Bertz CT molecular complexity index is 588. The highest BCUT2D eigenvalue weighted by Crippen LogP contribution is 2.19. The van der Waals surface area contributed by atoms with Crippen LogP contribution in [0.1, 0.15) is 29.9 Å². The number of nitrogens with zero attached hydrogens (tertiary/aromatic N) is 2. The summed E-state index contributed by atoms with van der Waals surface area (Å²) in [7, 11) is 0. The average molecular weight is 262 g/mol. The van der Waals surface area contributed by atoms with E-state index in [0.29, 0.717) is 23.7 Å². The van der Waals surface area contributed by atoms with E-state index in [9.17, 15) is 9.18 Å². The molecule has 0 aliphatic rings.